The molecular weight excluding hydrogens is 289 g/mol. The van der Waals surface area contributed by atoms with E-state index in [4.69, 9.17) is 4.74 Å². The van der Waals surface area contributed by atoms with Crippen LogP contribution in [0.4, 0.5) is 13.2 Å². The van der Waals surface area contributed by atoms with Gasteiger partial charge in [-0.1, -0.05) is 6.07 Å². The number of benzene rings is 1. The zero-order chi connectivity index (χ0) is 14.5. The Bertz CT molecular complexity index is 512. The third-order valence-electron chi connectivity index (χ3n) is 1.69. The zero-order valence-electron chi connectivity index (χ0n) is 9.81. The molecule has 19 heavy (non-hydrogen) atoms. The second kappa shape index (κ2) is 6.11. The summed E-state index contributed by atoms with van der Waals surface area (Å²) in [6, 6.07) is 4.87. The average molecular weight is 300 g/mol. The zero-order valence-corrected chi connectivity index (χ0v) is 10.6. The standard InChI is InChI=1S/C10H11F3O5S/c1-19(14,15)17-6-5-16-8-3-2-4-9(7-8)18-10(11,12)13/h2-4,7H,5-6H2,1H3. The first kappa shape index (κ1) is 15.6. The van der Waals surface area contributed by atoms with Crippen molar-refractivity contribution in [2.24, 2.45) is 0 Å². The van der Waals surface area contributed by atoms with Gasteiger partial charge < -0.3 is 9.47 Å². The van der Waals surface area contributed by atoms with Gasteiger partial charge in [0.2, 0.25) is 0 Å². The molecule has 0 aromatic heterocycles. The van der Waals surface area contributed by atoms with Crippen LogP contribution in [0.3, 0.4) is 0 Å². The fourth-order valence-corrected chi connectivity index (χ4v) is 1.48. The Morgan fingerprint density at radius 2 is 1.79 bits per heavy atom. The van der Waals surface area contributed by atoms with E-state index >= 15 is 0 Å². The summed E-state index contributed by atoms with van der Waals surface area (Å²) < 4.78 is 70.3. The summed E-state index contributed by atoms with van der Waals surface area (Å²) >= 11 is 0. The predicted octanol–water partition coefficient (Wildman–Crippen LogP) is 1.94. The smallest absolute Gasteiger partial charge is 0.491 e. The minimum Gasteiger partial charge on any atom is -0.491 e. The number of halogens is 3. The Labute approximate surface area is 108 Å². The highest BCUT2D eigenvalue weighted by Crippen LogP contribution is 2.25. The molecule has 9 heteroatoms. The van der Waals surface area contributed by atoms with Crippen molar-refractivity contribution >= 4 is 10.1 Å². The lowest BCUT2D eigenvalue weighted by atomic mass is 10.3. The quantitative estimate of drug-likeness (QED) is 0.593. The fourth-order valence-electron chi connectivity index (χ4n) is 1.11. The highest BCUT2D eigenvalue weighted by molar-refractivity contribution is 7.85. The third kappa shape index (κ3) is 7.52. The number of alkyl halides is 3. The molecule has 1 aromatic carbocycles. The lowest BCUT2D eigenvalue weighted by Gasteiger charge is -2.10. The van der Waals surface area contributed by atoms with E-state index in [1.165, 1.54) is 12.1 Å². The second-order valence-corrected chi connectivity index (χ2v) is 5.04. The van der Waals surface area contributed by atoms with Gasteiger partial charge in [-0.25, -0.2) is 0 Å². The highest BCUT2D eigenvalue weighted by Gasteiger charge is 2.31. The van der Waals surface area contributed by atoms with Gasteiger partial charge in [0, 0.05) is 6.07 Å². The van der Waals surface area contributed by atoms with Gasteiger partial charge in [-0.3, -0.25) is 4.18 Å². The lowest BCUT2D eigenvalue weighted by molar-refractivity contribution is -0.274. The number of ether oxygens (including phenoxy) is 2. The van der Waals surface area contributed by atoms with Gasteiger partial charge in [-0.2, -0.15) is 8.42 Å². The van der Waals surface area contributed by atoms with Crippen molar-refractivity contribution in [3.63, 3.8) is 0 Å². The van der Waals surface area contributed by atoms with E-state index in [-0.39, 0.29) is 19.0 Å². The summed E-state index contributed by atoms with van der Waals surface area (Å²) in [5, 5.41) is 0. The number of rotatable bonds is 6. The van der Waals surface area contributed by atoms with Crippen LogP contribution in [-0.2, 0) is 14.3 Å². The van der Waals surface area contributed by atoms with Gasteiger partial charge in [0.15, 0.2) is 0 Å². The lowest BCUT2D eigenvalue weighted by Crippen LogP contribution is -2.17. The second-order valence-electron chi connectivity index (χ2n) is 3.40. The van der Waals surface area contributed by atoms with Crippen molar-refractivity contribution in [2.45, 2.75) is 6.36 Å². The van der Waals surface area contributed by atoms with E-state index in [1.807, 2.05) is 0 Å². The van der Waals surface area contributed by atoms with Crippen LogP contribution < -0.4 is 9.47 Å². The monoisotopic (exact) mass is 300 g/mol. The molecule has 0 aliphatic heterocycles. The van der Waals surface area contributed by atoms with Gasteiger partial charge in [-0.05, 0) is 12.1 Å². The summed E-state index contributed by atoms with van der Waals surface area (Å²) in [6.07, 6.45) is -3.90. The topological polar surface area (TPSA) is 61.8 Å². The molecular formula is C10H11F3O5S. The number of hydrogen-bond donors (Lipinski definition) is 0. The average Bonchev–Trinajstić information content (AvgIpc) is 2.21. The first-order chi connectivity index (χ1) is 8.66. The van der Waals surface area contributed by atoms with E-state index in [2.05, 4.69) is 8.92 Å². The molecule has 0 atom stereocenters. The molecule has 0 unspecified atom stereocenters. The Morgan fingerprint density at radius 3 is 2.37 bits per heavy atom. The van der Waals surface area contributed by atoms with Gasteiger partial charge in [0.1, 0.15) is 24.7 Å². The maximum Gasteiger partial charge on any atom is 0.573 e. The Hall–Kier alpha value is -1.48. The molecule has 0 saturated heterocycles. The molecule has 1 aromatic rings. The molecule has 0 heterocycles. The highest BCUT2D eigenvalue weighted by atomic mass is 32.2. The van der Waals surface area contributed by atoms with Crippen molar-refractivity contribution in [2.75, 3.05) is 19.5 Å². The normalized spacial score (nSPS) is 12.2. The number of hydrogen-bond acceptors (Lipinski definition) is 5. The van der Waals surface area contributed by atoms with Crippen molar-refractivity contribution < 1.29 is 35.2 Å². The summed E-state index contributed by atoms with van der Waals surface area (Å²) in [5.74, 6) is -0.312. The minimum absolute atomic E-state index is 0.110. The summed E-state index contributed by atoms with van der Waals surface area (Å²) in [4.78, 5) is 0. The molecule has 0 bridgehead atoms. The molecule has 0 aliphatic carbocycles. The predicted molar refractivity (Wildman–Crippen MR) is 59.4 cm³/mol. The van der Waals surface area contributed by atoms with Crippen LogP contribution in [0.15, 0.2) is 24.3 Å². The van der Waals surface area contributed by atoms with E-state index in [1.54, 1.807) is 0 Å². The van der Waals surface area contributed by atoms with Crippen molar-refractivity contribution in [1.29, 1.82) is 0 Å². The van der Waals surface area contributed by atoms with E-state index < -0.39 is 22.2 Å². The fraction of sp³-hybridized carbons (Fsp3) is 0.400. The van der Waals surface area contributed by atoms with Crippen LogP contribution >= 0.6 is 0 Å². The van der Waals surface area contributed by atoms with E-state index in [0.717, 1.165) is 18.4 Å². The maximum absolute atomic E-state index is 12.0. The summed E-state index contributed by atoms with van der Waals surface area (Å²) in [6.45, 7) is -0.355. The maximum atomic E-state index is 12.0. The largest absolute Gasteiger partial charge is 0.573 e. The molecule has 0 fully saturated rings. The van der Waals surface area contributed by atoms with Crippen LogP contribution in [0, 0.1) is 0 Å². The SMILES string of the molecule is CS(=O)(=O)OCCOc1cccc(OC(F)(F)F)c1. The van der Waals surface area contributed by atoms with Gasteiger partial charge in [0.05, 0.1) is 6.26 Å². The molecule has 1 rings (SSSR count). The van der Waals surface area contributed by atoms with Crippen LogP contribution in [0.2, 0.25) is 0 Å². The molecule has 108 valence electrons. The van der Waals surface area contributed by atoms with Gasteiger partial charge in [0.25, 0.3) is 10.1 Å². The Morgan fingerprint density at radius 1 is 1.16 bits per heavy atom. The molecule has 0 spiro atoms. The van der Waals surface area contributed by atoms with Crippen LogP contribution in [0.5, 0.6) is 11.5 Å². The Kier molecular flexibility index (Phi) is 5.01. The third-order valence-corrected chi connectivity index (χ3v) is 2.28. The Balaban J connectivity index is 2.49. The van der Waals surface area contributed by atoms with Crippen LogP contribution in [-0.4, -0.2) is 34.2 Å². The minimum atomic E-state index is -4.78. The molecule has 0 amide bonds. The molecule has 0 radical (unpaired) electrons. The van der Waals surface area contributed by atoms with Crippen molar-refractivity contribution in [1.82, 2.24) is 0 Å². The first-order valence-corrected chi connectivity index (χ1v) is 6.80. The first-order valence-electron chi connectivity index (χ1n) is 4.99. The molecule has 5 nitrogen and oxygen atoms in total. The summed E-state index contributed by atoms with van der Waals surface area (Å²) in [7, 11) is -3.56. The molecule has 0 N–H and O–H groups in total. The van der Waals surface area contributed by atoms with Crippen molar-refractivity contribution in [3.8, 4) is 11.5 Å². The van der Waals surface area contributed by atoms with Gasteiger partial charge in [-0.15, -0.1) is 13.2 Å². The van der Waals surface area contributed by atoms with E-state index in [0.29, 0.717) is 0 Å². The van der Waals surface area contributed by atoms with Crippen molar-refractivity contribution in [3.05, 3.63) is 24.3 Å². The molecule has 0 saturated carbocycles. The summed E-state index contributed by atoms with van der Waals surface area (Å²) in [5.41, 5.74) is 0. The van der Waals surface area contributed by atoms with Crippen LogP contribution in [0.1, 0.15) is 0 Å². The van der Waals surface area contributed by atoms with Gasteiger partial charge >= 0.3 is 6.36 Å². The van der Waals surface area contributed by atoms with Crippen LogP contribution in [0.25, 0.3) is 0 Å². The van der Waals surface area contributed by atoms with E-state index in [9.17, 15) is 21.6 Å². The molecule has 0 aliphatic rings.